The molecule has 53 heavy (non-hydrogen) atoms. The minimum absolute atomic E-state index is 0.0525. The second-order valence-electron chi connectivity index (χ2n) is 13.8. The number of methoxy groups -OCH3 is 1. The van der Waals surface area contributed by atoms with Crippen molar-refractivity contribution in [3.8, 4) is 0 Å². The van der Waals surface area contributed by atoms with Gasteiger partial charge in [0.2, 0.25) is 0 Å². The second kappa shape index (κ2) is 30.0. The summed E-state index contributed by atoms with van der Waals surface area (Å²) in [5.41, 5.74) is -1.51. The molecule has 16 nitrogen and oxygen atoms in total. The Hall–Kier alpha value is -1.22. The summed E-state index contributed by atoms with van der Waals surface area (Å²) in [5, 5.41) is 77.2. The van der Waals surface area contributed by atoms with Crippen LogP contribution in [-0.4, -0.2) is 162 Å². The molecule has 1 fully saturated rings. The number of nitrogens with one attached hydrogen (secondary N) is 1. The maximum Gasteiger partial charge on any atom is 0.183 e. The number of hydrogen-bond acceptors (Lipinski definition) is 16. The Balaban J connectivity index is 0. The molecule has 0 bridgehead atoms. The molecule has 16 heteroatoms. The third-order valence-corrected chi connectivity index (χ3v) is 9.11. The number of aldehydes is 2. The molecule has 1 aliphatic rings. The van der Waals surface area contributed by atoms with Crippen LogP contribution in [0.25, 0.3) is 0 Å². The van der Waals surface area contributed by atoms with Crippen molar-refractivity contribution in [2.24, 2.45) is 11.8 Å². The highest BCUT2D eigenvalue weighted by atomic mass is 16.7. The zero-order valence-corrected chi connectivity index (χ0v) is 34.0. The molecular weight excluding hydrogens is 698 g/mol. The van der Waals surface area contributed by atoms with E-state index in [0.717, 1.165) is 19.0 Å². The van der Waals surface area contributed by atoms with E-state index in [9.17, 15) is 35.7 Å². The van der Waals surface area contributed by atoms with Crippen molar-refractivity contribution in [1.29, 1.82) is 0 Å². The summed E-state index contributed by atoms with van der Waals surface area (Å²) in [6, 6.07) is -0.331. The fourth-order valence-corrected chi connectivity index (χ4v) is 6.35. The van der Waals surface area contributed by atoms with E-state index in [2.05, 4.69) is 5.32 Å². The summed E-state index contributed by atoms with van der Waals surface area (Å²) in [7, 11) is 3.15. The third-order valence-electron chi connectivity index (χ3n) is 9.11. The SMILES string of the molecule is CC=O.CC=O.CCC[C@H](NC)[C@@H](O)[C@@H](O)OCCC[C@](C)(O)C1O[C@H]([C@H](CC)OCC[C@H](OC)[C@@H](O)[C@H](C)O)C(O)OC[C@H](C)[C@H](OC(C)O)[C@H]1C. The quantitative estimate of drug-likeness (QED) is 0.0436. The Morgan fingerprint density at radius 3 is 2.02 bits per heavy atom. The Kier molecular flexibility index (Phi) is 30.5. The van der Waals surface area contributed by atoms with Gasteiger partial charge in [0.15, 0.2) is 18.9 Å². The highest BCUT2D eigenvalue weighted by molar-refractivity contribution is 5.44. The third kappa shape index (κ3) is 20.5. The molecule has 1 aliphatic heterocycles. The first-order chi connectivity index (χ1) is 24.9. The van der Waals surface area contributed by atoms with Crippen LogP contribution in [0.4, 0.5) is 0 Å². The van der Waals surface area contributed by atoms with E-state index in [-0.39, 0.29) is 44.6 Å². The standard InChI is InChI=1S/C33H67NO13.2C2H4O/c1-10-13-23(34-8)27(38)31(39)44-16-12-15-33(7,41)30-20(4)28(46-22(6)36)19(3)18-45-32(40)29(47-30)24(11-2)43-17-14-25(42-9)26(37)21(5)35;2*1-2-3/h19-32,34-41H,10-18H2,1-9H3;2*2H,1H3/t19-,20+,21-,22?,23-,24-,25-,26-,27+,28-,29+,30?,31-,32?,33-;;/m0../s1. The van der Waals surface area contributed by atoms with Crippen molar-refractivity contribution in [1.82, 2.24) is 5.32 Å². The van der Waals surface area contributed by atoms with Crippen LogP contribution in [0.2, 0.25) is 0 Å². The molecule has 318 valence electrons. The summed E-state index contributed by atoms with van der Waals surface area (Å²) in [4.78, 5) is 17.6. The van der Waals surface area contributed by atoms with Gasteiger partial charge in [0, 0.05) is 38.2 Å². The molecular formula is C37H75NO15. The van der Waals surface area contributed by atoms with Gasteiger partial charge in [-0.2, -0.15) is 0 Å². The first-order valence-corrected chi connectivity index (χ1v) is 18.8. The normalized spacial score (nSPS) is 27.9. The molecule has 0 spiro atoms. The minimum Gasteiger partial charge on any atom is -0.391 e. The zero-order chi connectivity index (χ0) is 41.3. The highest BCUT2D eigenvalue weighted by Crippen LogP contribution is 2.36. The zero-order valence-electron chi connectivity index (χ0n) is 34.0. The van der Waals surface area contributed by atoms with Gasteiger partial charge in [0.05, 0.1) is 42.7 Å². The van der Waals surface area contributed by atoms with Crippen LogP contribution in [0.1, 0.15) is 101 Å². The van der Waals surface area contributed by atoms with Gasteiger partial charge in [-0.3, -0.25) is 0 Å². The number of rotatable bonds is 22. The van der Waals surface area contributed by atoms with Crippen molar-refractivity contribution < 1.29 is 73.8 Å². The first-order valence-electron chi connectivity index (χ1n) is 18.8. The van der Waals surface area contributed by atoms with Gasteiger partial charge in [-0.05, 0) is 73.8 Å². The summed E-state index contributed by atoms with van der Waals surface area (Å²) < 4.78 is 35.3. The van der Waals surface area contributed by atoms with Crippen LogP contribution in [0.3, 0.4) is 0 Å². The lowest BCUT2D eigenvalue weighted by atomic mass is 9.79. The monoisotopic (exact) mass is 774 g/mol. The van der Waals surface area contributed by atoms with Gasteiger partial charge in [-0.1, -0.05) is 34.1 Å². The van der Waals surface area contributed by atoms with Crippen molar-refractivity contribution in [2.45, 2.75) is 180 Å². The number of carbonyl (C=O) groups excluding carboxylic acids is 2. The van der Waals surface area contributed by atoms with Crippen LogP contribution < -0.4 is 5.32 Å². The molecule has 0 amide bonds. The second-order valence-corrected chi connectivity index (χ2v) is 13.8. The molecule has 0 aliphatic carbocycles. The molecule has 0 saturated carbocycles. The Bertz CT molecular complexity index is 892. The molecule has 8 N–H and O–H groups in total. The molecule has 0 aromatic heterocycles. The lowest BCUT2D eigenvalue weighted by Crippen LogP contribution is -2.54. The number of aliphatic hydroxyl groups is 7. The van der Waals surface area contributed by atoms with Crippen LogP contribution in [0, 0.1) is 11.8 Å². The number of hydrogen-bond donors (Lipinski definition) is 8. The molecule has 15 atom stereocenters. The average molecular weight is 774 g/mol. The Morgan fingerprint density at radius 1 is 0.962 bits per heavy atom. The molecule has 3 unspecified atom stereocenters. The van der Waals surface area contributed by atoms with E-state index >= 15 is 0 Å². The topological polar surface area (TPSA) is 243 Å². The molecule has 1 heterocycles. The number of carbonyl (C=O) groups is 2. The number of likely N-dealkylation sites (N-methyl/N-ethyl adjacent to an activating group) is 1. The van der Waals surface area contributed by atoms with Crippen LogP contribution in [-0.2, 0) is 38.0 Å². The van der Waals surface area contributed by atoms with E-state index in [0.29, 0.717) is 19.3 Å². The van der Waals surface area contributed by atoms with Gasteiger partial charge in [0.1, 0.15) is 30.9 Å². The average Bonchev–Trinajstić information content (AvgIpc) is 3.14. The number of aliphatic hydroxyl groups excluding tert-OH is 6. The van der Waals surface area contributed by atoms with Crippen molar-refractivity contribution in [3.63, 3.8) is 0 Å². The minimum atomic E-state index is -1.51. The summed E-state index contributed by atoms with van der Waals surface area (Å²) in [5.74, 6) is -0.801. The van der Waals surface area contributed by atoms with E-state index in [4.69, 9.17) is 38.0 Å². The van der Waals surface area contributed by atoms with Crippen LogP contribution in [0.15, 0.2) is 0 Å². The smallest absolute Gasteiger partial charge is 0.183 e. The van der Waals surface area contributed by atoms with Gasteiger partial charge >= 0.3 is 0 Å². The molecule has 0 aromatic carbocycles. The lowest BCUT2D eigenvalue weighted by Gasteiger charge is -2.43. The lowest BCUT2D eigenvalue weighted by molar-refractivity contribution is -0.255. The van der Waals surface area contributed by atoms with Crippen molar-refractivity contribution >= 4 is 12.6 Å². The molecule has 0 radical (unpaired) electrons. The highest BCUT2D eigenvalue weighted by Gasteiger charge is 2.47. The first kappa shape index (κ1) is 53.9. The maximum absolute atomic E-state index is 11.9. The summed E-state index contributed by atoms with van der Waals surface area (Å²) in [6.45, 7) is 15.3. The number of ether oxygens (including phenoxy) is 6. The van der Waals surface area contributed by atoms with E-state index in [1.165, 1.54) is 34.8 Å². The van der Waals surface area contributed by atoms with Crippen molar-refractivity contribution in [3.05, 3.63) is 0 Å². The largest absolute Gasteiger partial charge is 0.391 e. The fourth-order valence-electron chi connectivity index (χ4n) is 6.35. The molecule has 0 aromatic rings. The van der Waals surface area contributed by atoms with Crippen LogP contribution >= 0.6 is 0 Å². The molecule has 1 rings (SSSR count). The summed E-state index contributed by atoms with van der Waals surface area (Å²) in [6.07, 6.45) is -7.02. The maximum atomic E-state index is 11.9. The van der Waals surface area contributed by atoms with Gasteiger partial charge in [0.25, 0.3) is 0 Å². The predicted molar refractivity (Wildman–Crippen MR) is 198 cm³/mol. The van der Waals surface area contributed by atoms with E-state index in [1.807, 2.05) is 27.7 Å². The van der Waals surface area contributed by atoms with Gasteiger partial charge in [-0.15, -0.1) is 0 Å². The predicted octanol–water partition coefficient (Wildman–Crippen LogP) is 1.05. The van der Waals surface area contributed by atoms with E-state index < -0.39 is 79.2 Å². The van der Waals surface area contributed by atoms with E-state index in [1.54, 1.807) is 14.0 Å². The van der Waals surface area contributed by atoms with Gasteiger partial charge in [-0.25, -0.2) is 0 Å². The Labute approximate surface area is 317 Å². The summed E-state index contributed by atoms with van der Waals surface area (Å²) >= 11 is 0. The Morgan fingerprint density at radius 2 is 1.55 bits per heavy atom. The van der Waals surface area contributed by atoms with Gasteiger partial charge < -0.3 is 79.1 Å². The van der Waals surface area contributed by atoms with Crippen molar-refractivity contribution in [2.75, 3.05) is 34.0 Å². The molecule has 1 saturated heterocycles. The van der Waals surface area contributed by atoms with Crippen LogP contribution in [0.5, 0.6) is 0 Å². The fraction of sp³-hybridized carbons (Fsp3) is 0.946.